The Morgan fingerprint density at radius 2 is 1.70 bits per heavy atom. The molecule has 0 aliphatic carbocycles. The first-order chi connectivity index (χ1) is 12.9. The van der Waals surface area contributed by atoms with Crippen LogP contribution < -0.4 is 10.6 Å². The van der Waals surface area contributed by atoms with Gasteiger partial charge in [-0.15, -0.1) is 0 Å². The van der Waals surface area contributed by atoms with E-state index in [4.69, 9.17) is 0 Å². The number of nitrogens with one attached hydrogen (secondary N) is 2. The van der Waals surface area contributed by atoms with E-state index in [9.17, 15) is 18.0 Å². The lowest BCUT2D eigenvalue weighted by atomic mass is 10.1. The first-order valence-corrected chi connectivity index (χ1v) is 8.14. The predicted molar refractivity (Wildman–Crippen MR) is 97.0 cm³/mol. The summed E-state index contributed by atoms with van der Waals surface area (Å²) in [5.74, 6) is -4.53. The number of aromatic nitrogens is 1. The van der Waals surface area contributed by atoms with Crippen LogP contribution in [0, 0.1) is 24.4 Å². The molecule has 3 rings (SSSR count). The minimum Gasteiger partial charge on any atom is -0.366 e. The van der Waals surface area contributed by atoms with Crippen molar-refractivity contribution in [1.29, 1.82) is 0 Å². The summed E-state index contributed by atoms with van der Waals surface area (Å²) >= 11 is 0. The molecule has 0 fully saturated rings. The van der Waals surface area contributed by atoms with Crippen LogP contribution in [-0.4, -0.2) is 10.9 Å². The first-order valence-electron chi connectivity index (χ1n) is 8.14. The molecular weight excluding hydrogens is 355 g/mol. The van der Waals surface area contributed by atoms with E-state index in [0.717, 1.165) is 17.7 Å². The van der Waals surface area contributed by atoms with Gasteiger partial charge in [-0.25, -0.2) is 18.2 Å². The van der Waals surface area contributed by atoms with Crippen LogP contribution >= 0.6 is 0 Å². The average molecular weight is 371 g/mol. The summed E-state index contributed by atoms with van der Waals surface area (Å²) in [5, 5.41) is 5.32. The zero-order valence-electron chi connectivity index (χ0n) is 14.4. The average Bonchev–Trinajstić information content (AvgIpc) is 2.68. The normalized spacial score (nSPS) is 10.5. The highest BCUT2D eigenvalue weighted by atomic mass is 19.2. The van der Waals surface area contributed by atoms with Gasteiger partial charge in [0.25, 0.3) is 5.91 Å². The van der Waals surface area contributed by atoms with E-state index >= 15 is 0 Å². The van der Waals surface area contributed by atoms with Crippen molar-refractivity contribution in [3.63, 3.8) is 0 Å². The van der Waals surface area contributed by atoms with Crippen molar-refractivity contribution in [2.75, 3.05) is 10.6 Å². The third-order valence-corrected chi connectivity index (χ3v) is 3.90. The van der Waals surface area contributed by atoms with Crippen molar-refractivity contribution in [2.24, 2.45) is 0 Å². The van der Waals surface area contributed by atoms with Crippen molar-refractivity contribution in [3.8, 4) is 0 Å². The van der Waals surface area contributed by atoms with Crippen LogP contribution in [0.15, 0.2) is 54.7 Å². The Kier molecular flexibility index (Phi) is 5.40. The van der Waals surface area contributed by atoms with Gasteiger partial charge in [-0.3, -0.25) is 4.79 Å². The van der Waals surface area contributed by atoms with Gasteiger partial charge in [0.15, 0.2) is 17.5 Å². The fraction of sp³-hybridized carbons (Fsp3) is 0.100. The Bertz CT molecular complexity index is 957. The highest BCUT2D eigenvalue weighted by Gasteiger charge is 2.16. The van der Waals surface area contributed by atoms with Crippen molar-refractivity contribution in [3.05, 3.63) is 88.9 Å². The van der Waals surface area contributed by atoms with Crippen LogP contribution in [0.5, 0.6) is 0 Å². The number of aryl methyl sites for hydroxylation is 1. The summed E-state index contributed by atoms with van der Waals surface area (Å²) in [7, 11) is 0. The monoisotopic (exact) mass is 371 g/mol. The first kappa shape index (κ1) is 18.4. The number of benzene rings is 2. The standard InChI is InChI=1S/C20H16F3N3O/c1-12-2-4-13(5-3-12)10-24-17-9-6-14(11-25-17)20(27)26-16-8-7-15(21)18(22)19(16)23/h2-9,11H,10H2,1H3,(H,24,25)(H,26,27). The molecule has 1 heterocycles. The summed E-state index contributed by atoms with van der Waals surface area (Å²) in [4.78, 5) is 16.3. The molecule has 1 amide bonds. The molecule has 4 nitrogen and oxygen atoms in total. The van der Waals surface area contributed by atoms with Gasteiger partial charge >= 0.3 is 0 Å². The number of carbonyl (C=O) groups is 1. The second-order valence-corrected chi connectivity index (χ2v) is 5.95. The van der Waals surface area contributed by atoms with Crippen LogP contribution in [-0.2, 0) is 6.54 Å². The molecule has 138 valence electrons. The highest BCUT2D eigenvalue weighted by Crippen LogP contribution is 2.20. The Balaban J connectivity index is 1.63. The number of pyridine rings is 1. The topological polar surface area (TPSA) is 54.0 Å². The Morgan fingerprint density at radius 1 is 0.963 bits per heavy atom. The summed E-state index contributed by atoms with van der Waals surface area (Å²) in [5.41, 5.74) is 1.96. The maximum atomic E-state index is 13.6. The lowest BCUT2D eigenvalue weighted by molar-refractivity contribution is 0.102. The van der Waals surface area contributed by atoms with E-state index in [1.165, 1.54) is 17.8 Å². The molecule has 0 spiro atoms. The van der Waals surface area contributed by atoms with E-state index in [-0.39, 0.29) is 5.56 Å². The summed E-state index contributed by atoms with van der Waals surface area (Å²) in [6, 6.07) is 12.8. The van der Waals surface area contributed by atoms with E-state index in [2.05, 4.69) is 15.6 Å². The van der Waals surface area contributed by atoms with Gasteiger partial charge in [0.1, 0.15) is 5.82 Å². The molecule has 3 aromatic rings. The largest absolute Gasteiger partial charge is 0.366 e. The molecule has 2 aromatic carbocycles. The van der Waals surface area contributed by atoms with Crippen molar-refractivity contribution >= 4 is 17.4 Å². The van der Waals surface area contributed by atoms with Crippen LogP contribution in [0.4, 0.5) is 24.7 Å². The molecule has 0 atom stereocenters. The number of hydrogen-bond acceptors (Lipinski definition) is 3. The Labute approximate surface area is 154 Å². The third kappa shape index (κ3) is 4.44. The van der Waals surface area contributed by atoms with Crippen molar-refractivity contribution in [1.82, 2.24) is 4.98 Å². The molecule has 0 unspecified atom stereocenters. The van der Waals surface area contributed by atoms with Crippen LogP contribution in [0.1, 0.15) is 21.5 Å². The van der Waals surface area contributed by atoms with Gasteiger partial charge < -0.3 is 10.6 Å². The third-order valence-electron chi connectivity index (χ3n) is 3.90. The van der Waals surface area contributed by atoms with Gasteiger partial charge in [-0.1, -0.05) is 29.8 Å². The Hall–Kier alpha value is -3.35. The van der Waals surface area contributed by atoms with Crippen LogP contribution in [0.25, 0.3) is 0 Å². The fourth-order valence-corrected chi connectivity index (χ4v) is 2.35. The van der Waals surface area contributed by atoms with E-state index in [0.29, 0.717) is 12.4 Å². The Morgan fingerprint density at radius 3 is 2.37 bits per heavy atom. The van der Waals surface area contributed by atoms with Gasteiger partial charge in [-0.05, 0) is 36.8 Å². The molecule has 27 heavy (non-hydrogen) atoms. The molecule has 0 aliphatic rings. The van der Waals surface area contributed by atoms with Gasteiger partial charge in [-0.2, -0.15) is 0 Å². The molecule has 0 saturated carbocycles. The molecule has 2 N–H and O–H groups in total. The van der Waals surface area contributed by atoms with E-state index < -0.39 is 29.0 Å². The molecule has 0 saturated heterocycles. The van der Waals surface area contributed by atoms with Crippen molar-refractivity contribution < 1.29 is 18.0 Å². The molecule has 0 bridgehead atoms. The smallest absolute Gasteiger partial charge is 0.257 e. The lowest BCUT2D eigenvalue weighted by Gasteiger charge is -2.09. The van der Waals surface area contributed by atoms with Gasteiger partial charge in [0.05, 0.1) is 11.3 Å². The maximum Gasteiger partial charge on any atom is 0.257 e. The lowest BCUT2D eigenvalue weighted by Crippen LogP contribution is -2.14. The number of hydrogen-bond donors (Lipinski definition) is 2. The molecule has 7 heteroatoms. The number of rotatable bonds is 5. The van der Waals surface area contributed by atoms with Gasteiger partial charge in [0, 0.05) is 12.7 Å². The number of nitrogens with zero attached hydrogens (tertiary/aromatic N) is 1. The van der Waals surface area contributed by atoms with Gasteiger partial charge in [0.2, 0.25) is 0 Å². The highest BCUT2D eigenvalue weighted by molar-refractivity contribution is 6.04. The van der Waals surface area contributed by atoms with Crippen LogP contribution in [0.3, 0.4) is 0 Å². The second kappa shape index (κ2) is 7.90. The zero-order valence-corrected chi connectivity index (χ0v) is 14.4. The molecule has 0 aliphatic heterocycles. The number of carbonyl (C=O) groups excluding carboxylic acids is 1. The quantitative estimate of drug-likeness (QED) is 0.641. The minimum atomic E-state index is -1.64. The SMILES string of the molecule is Cc1ccc(CNc2ccc(C(=O)Nc3ccc(F)c(F)c3F)cn2)cc1. The van der Waals surface area contributed by atoms with E-state index in [1.54, 1.807) is 6.07 Å². The zero-order chi connectivity index (χ0) is 19.4. The minimum absolute atomic E-state index is 0.153. The fourth-order valence-electron chi connectivity index (χ4n) is 2.35. The second-order valence-electron chi connectivity index (χ2n) is 5.95. The molecule has 1 aromatic heterocycles. The maximum absolute atomic E-state index is 13.6. The summed E-state index contributed by atoms with van der Waals surface area (Å²) < 4.78 is 39.8. The molecule has 0 radical (unpaired) electrons. The number of anilines is 2. The van der Waals surface area contributed by atoms with Crippen molar-refractivity contribution in [2.45, 2.75) is 13.5 Å². The predicted octanol–water partition coefficient (Wildman–Crippen LogP) is 4.67. The molecular formula is C20H16F3N3O. The van der Waals surface area contributed by atoms with Crippen LogP contribution in [0.2, 0.25) is 0 Å². The number of halogens is 3. The summed E-state index contributed by atoms with van der Waals surface area (Å²) in [6.07, 6.45) is 1.31. The summed E-state index contributed by atoms with van der Waals surface area (Å²) in [6.45, 7) is 2.58. The van der Waals surface area contributed by atoms with E-state index in [1.807, 2.05) is 31.2 Å². The number of amides is 1.